The Bertz CT molecular complexity index is 1290. The van der Waals surface area contributed by atoms with Gasteiger partial charge >= 0.3 is 5.69 Å². The minimum atomic E-state index is -0.554. The molecule has 0 saturated carbocycles. The summed E-state index contributed by atoms with van der Waals surface area (Å²) in [6.45, 7) is 5.53. The highest BCUT2D eigenvalue weighted by Crippen LogP contribution is 2.23. The third kappa shape index (κ3) is 4.07. The Morgan fingerprint density at radius 1 is 1.31 bits per heavy atom. The summed E-state index contributed by atoms with van der Waals surface area (Å²) < 4.78 is 4.20. The average molecular weight is 457 g/mol. The quantitative estimate of drug-likeness (QED) is 0.447. The van der Waals surface area contributed by atoms with Gasteiger partial charge in [0.05, 0.1) is 11.4 Å². The molecule has 0 radical (unpaired) electrons. The molecule has 2 N–H and O–H groups in total. The van der Waals surface area contributed by atoms with E-state index in [4.69, 9.17) is 10.7 Å². The normalized spacial score (nSPS) is 16.5. The van der Waals surface area contributed by atoms with Gasteiger partial charge in [-0.25, -0.2) is 4.79 Å². The second-order valence-corrected chi connectivity index (χ2v) is 9.41. The molecule has 3 aromatic rings. The number of hydrogen-bond acceptors (Lipinski definition) is 7. The van der Waals surface area contributed by atoms with Crippen molar-refractivity contribution < 1.29 is 4.79 Å². The van der Waals surface area contributed by atoms with Crippen LogP contribution < -0.4 is 21.9 Å². The summed E-state index contributed by atoms with van der Waals surface area (Å²) in [4.78, 5) is 46.5. The number of anilines is 1. The molecule has 0 amide bonds. The summed E-state index contributed by atoms with van der Waals surface area (Å²) in [6.07, 6.45) is 3.90. The van der Waals surface area contributed by atoms with Crippen LogP contribution in [0.15, 0.2) is 38.8 Å². The number of aromatic nitrogens is 4. The van der Waals surface area contributed by atoms with Crippen LogP contribution in [0.5, 0.6) is 0 Å². The first-order valence-electron chi connectivity index (χ1n) is 10.7. The van der Waals surface area contributed by atoms with Gasteiger partial charge in [0, 0.05) is 32.7 Å². The van der Waals surface area contributed by atoms with Crippen LogP contribution in [-0.2, 0) is 20.1 Å². The van der Waals surface area contributed by atoms with Gasteiger partial charge in [0.2, 0.25) is 5.95 Å². The van der Waals surface area contributed by atoms with Crippen LogP contribution in [0, 0.1) is 0 Å². The molecule has 1 saturated heterocycles. The van der Waals surface area contributed by atoms with Gasteiger partial charge in [-0.05, 0) is 38.1 Å². The van der Waals surface area contributed by atoms with E-state index >= 15 is 0 Å². The van der Waals surface area contributed by atoms with E-state index in [1.54, 1.807) is 24.6 Å². The van der Waals surface area contributed by atoms with Gasteiger partial charge in [0.1, 0.15) is 0 Å². The Kier molecular flexibility index (Phi) is 6.16. The minimum Gasteiger partial charge on any atom is -0.341 e. The van der Waals surface area contributed by atoms with Crippen LogP contribution in [0.3, 0.4) is 0 Å². The van der Waals surface area contributed by atoms with Crippen molar-refractivity contribution in [2.75, 3.05) is 18.0 Å². The number of nitrogens with two attached hydrogens (primary N) is 1. The van der Waals surface area contributed by atoms with Crippen LogP contribution in [0.25, 0.3) is 11.2 Å². The topological polar surface area (TPSA) is 108 Å². The molecule has 1 aliphatic rings. The van der Waals surface area contributed by atoms with Gasteiger partial charge in [-0.15, -0.1) is 11.3 Å². The summed E-state index contributed by atoms with van der Waals surface area (Å²) in [5, 5.41) is 1.79. The Labute approximate surface area is 189 Å². The van der Waals surface area contributed by atoms with E-state index in [1.807, 2.05) is 24.5 Å². The summed E-state index contributed by atoms with van der Waals surface area (Å²) in [6, 6.07) is 3.49. The molecule has 10 heteroatoms. The molecule has 1 fully saturated rings. The lowest BCUT2D eigenvalue weighted by Crippen LogP contribution is -2.44. The van der Waals surface area contributed by atoms with Crippen molar-refractivity contribution in [2.24, 2.45) is 12.8 Å². The number of allylic oxidation sites excluding steroid dienone is 2. The molecule has 0 bridgehead atoms. The van der Waals surface area contributed by atoms with E-state index < -0.39 is 11.2 Å². The van der Waals surface area contributed by atoms with E-state index in [0.29, 0.717) is 35.1 Å². The maximum Gasteiger partial charge on any atom is 0.332 e. The number of nitrogens with zero attached hydrogens (tertiary/aromatic N) is 5. The summed E-state index contributed by atoms with van der Waals surface area (Å²) >= 11 is 1.29. The number of ketones is 1. The molecule has 0 aromatic carbocycles. The first kappa shape index (κ1) is 22.2. The average Bonchev–Trinajstić information content (AvgIpc) is 3.42. The summed E-state index contributed by atoms with van der Waals surface area (Å²) in [5.74, 6) is 0.359. The molecule has 32 heavy (non-hydrogen) atoms. The first-order chi connectivity index (χ1) is 15.3. The standard InChI is InChI=1S/C22H28N6O3S/c1-14(2)8-10-27-18-19(24-21(27)26-9-4-6-15(23)12-26)25(3)22(31)28(20(18)30)13-16(29)17-7-5-11-32-17/h5,7-8,11,15H,4,6,9-10,12-13,23H2,1-3H3. The lowest BCUT2D eigenvalue weighted by molar-refractivity contribution is 0.0973. The van der Waals surface area contributed by atoms with Crippen molar-refractivity contribution in [1.82, 2.24) is 18.7 Å². The molecule has 9 nitrogen and oxygen atoms in total. The minimum absolute atomic E-state index is 0.0318. The third-order valence-corrected chi connectivity index (χ3v) is 6.64. The van der Waals surface area contributed by atoms with Gasteiger partial charge in [-0.3, -0.25) is 18.7 Å². The van der Waals surface area contributed by atoms with Crippen LogP contribution in [0.2, 0.25) is 0 Å². The number of imidazole rings is 1. The zero-order valence-corrected chi connectivity index (χ0v) is 19.4. The van der Waals surface area contributed by atoms with Gasteiger partial charge in [0.25, 0.3) is 5.56 Å². The predicted octanol–water partition coefficient (Wildman–Crippen LogP) is 1.73. The fourth-order valence-corrected chi connectivity index (χ4v) is 4.69. The summed E-state index contributed by atoms with van der Waals surface area (Å²) in [7, 11) is 1.58. The zero-order valence-electron chi connectivity index (χ0n) is 18.6. The highest BCUT2D eigenvalue weighted by atomic mass is 32.1. The monoisotopic (exact) mass is 456 g/mol. The predicted molar refractivity (Wildman–Crippen MR) is 127 cm³/mol. The van der Waals surface area contributed by atoms with Crippen molar-refractivity contribution in [1.29, 1.82) is 0 Å². The fraction of sp³-hybridized carbons (Fsp3) is 0.455. The maximum absolute atomic E-state index is 13.5. The molecular formula is C22H28N6O3S. The Balaban J connectivity index is 1.90. The lowest BCUT2D eigenvalue weighted by atomic mass is 10.1. The largest absolute Gasteiger partial charge is 0.341 e. The second kappa shape index (κ2) is 8.87. The Morgan fingerprint density at radius 3 is 2.75 bits per heavy atom. The van der Waals surface area contributed by atoms with Crippen LogP contribution >= 0.6 is 11.3 Å². The highest BCUT2D eigenvalue weighted by Gasteiger charge is 2.26. The second-order valence-electron chi connectivity index (χ2n) is 8.46. The zero-order chi connectivity index (χ0) is 23.0. The molecule has 0 spiro atoms. The maximum atomic E-state index is 13.5. The van der Waals surface area contributed by atoms with Crippen molar-refractivity contribution in [3.8, 4) is 0 Å². The van der Waals surface area contributed by atoms with E-state index in [9.17, 15) is 14.4 Å². The number of piperidine rings is 1. The fourth-order valence-electron chi connectivity index (χ4n) is 4.04. The lowest BCUT2D eigenvalue weighted by Gasteiger charge is -2.31. The van der Waals surface area contributed by atoms with E-state index in [1.165, 1.54) is 15.9 Å². The number of rotatable bonds is 6. The Hall–Kier alpha value is -2.98. The number of carbonyl (C=O) groups is 1. The van der Waals surface area contributed by atoms with Gasteiger partial charge in [-0.2, -0.15) is 4.98 Å². The van der Waals surface area contributed by atoms with Gasteiger partial charge < -0.3 is 15.2 Å². The molecule has 1 aliphatic heterocycles. The van der Waals surface area contributed by atoms with E-state index in [-0.39, 0.29) is 18.4 Å². The van der Waals surface area contributed by atoms with Crippen LogP contribution in [0.4, 0.5) is 5.95 Å². The molecule has 4 rings (SSSR count). The van der Waals surface area contributed by atoms with E-state index in [2.05, 4.69) is 4.90 Å². The van der Waals surface area contributed by atoms with Crippen molar-refractivity contribution >= 4 is 34.2 Å². The number of hydrogen-bond donors (Lipinski definition) is 1. The summed E-state index contributed by atoms with van der Waals surface area (Å²) in [5.41, 5.74) is 6.87. The van der Waals surface area contributed by atoms with Crippen molar-refractivity contribution in [2.45, 2.75) is 45.8 Å². The SMILES string of the molecule is CC(C)=CCn1c(N2CCCC(N)C2)nc2c1c(=O)n(CC(=O)c1cccs1)c(=O)n2C. The first-order valence-corrected chi connectivity index (χ1v) is 11.6. The number of Topliss-reactive ketones (excluding diaryl/α,β-unsaturated/α-hetero) is 1. The van der Waals surface area contributed by atoms with E-state index in [0.717, 1.165) is 29.5 Å². The molecule has 1 unspecified atom stereocenters. The molecule has 4 heterocycles. The van der Waals surface area contributed by atoms with Gasteiger partial charge in [0.15, 0.2) is 16.9 Å². The molecule has 0 aliphatic carbocycles. The molecular weight excluding hydrogens is 428 g/mol. The molecule has 1 atom stereocenters. The number of fused-ring (bicyclic) bond motifs is 1. The third-order valence-electron chi connectivity index (χ3n) is 5.73. The number of carbonyl (C=O) groups excluding carboxylic acids is 1. The van der Waals surface area contributed by atoms with Gasteiger partial charge in [-0.1, -0.05) is 17.7 Å². The Morgan fingerprint density at radius 2 is 2.09 bits per heavy atom. The highest BCUT2D eigenvalue weighted by molar-refractivity contribution is 7.12. The number of thiophene rings is 1. The van der Waals surface area contributed by atoms with Crippen LogP contribution in [-0.4, -0.2) is 43.6 Å². The molecule has 3 aromatic heterocycles. The van der Waals surface area contributed by atoms with Crippen molar-refractivity contribution in [3.63, 3.8) is 0 Å². The van der Waals surface area contributed by atoms with Crippen LogP contribution in [0.1, 0.15) is 36.4 Å². The molecule has 170 valence electrons. The van der Waals surface area contributed by atoms with Crippen molar-refractivity contribution in [3.05, 3.63) is 54.9 Å². The number of aryl methyl sites for hydroxylation is 1. The smallest absolute Gasteiger partial charge is 0.332 e.